The molecule has 1 N–H and O–H groups in total. The highest BCUT2D eigenvalue weighted by molar-refractivity contribution is 5.84. The number of rotatable bonds is 3. The van der Waals surface area contributed by atoms with Crippen LogP contribution in [0.4, 0.5) is 0 Å². The Labute approximate surface area is 95.9 Å². The summed E-state index contributed by atoms with van der Waals surface area (Å²) in [6.07, 6.45) is 5.30. The predicted molar refractivity (Wildman–Crippen MR) is 68.0 cm³/mol. The molecular formula is C14H17NO. The Balaban J connectivity index is 2.38. The van der Waals surface area contributed by atoms with Gasteiger partial charge in [-0.3, -0.25) is 0 Å². The Morgan fingerprint density at radius 1 is 1.38 bits per heavy atom. The quantitative estimate of drug-likeness (QED) is 0.776. The monoisotopic (exact) mass is 215 g/mol. The van der Waals surface area contributed by atoms with E-state index in [0.717, 1.165) is 17.7 Å². The molecule has 0 fully saturated rings. The van der Waals surface area contributed by atoms with Gasteiger partial charge in [0.2, 0.25) is 0 Å². The van der Waals surface area contributed by atoms with Gasteiger partial charge in [0, 0.05) is 23.2 Å². The molecule has 2 rings (SSSR count). The summed E-state index contributed by atoms with van der Waals surface area (Å²) >= 11 is 0. The van der Waals surface area contributed by atoms with Gasteiger partial charge in [0.1, 0.15) is 5.75 Å². The number of aromatic nitrogens is 1. The summed E-state index contributed by atoms with van der Waals surface area (Å²) < 4.78 is 5.20. The Kier molecular flexibility index (Phi) is 3.00. The molecule has 0 spiro atoms. The average molecular weight is 215 g/mol. The van der Waals surface area contributed by atoms with E-state index in [1.165, 1.54) is 16.5 Å². The number of aromatic amines is 1. The molecule has 1 aromatic heterocycles. The van der Waals surface area contributed by atoms with Gasteiger partial charge < -0.3 is 9.72 Å². The van der Waals surface area contributed by atoms with E-state index in [0.29, 0.717) is 0 Å². The minimum absolute atomic E-state index is 0.892. The van der Waals surface area contributed by atoms with Crippen LogP contribution in [0.15, 0.2) is 36.0 Å². The molecule has 0 radical (unpaired) electrons. The minimum Gasteiger partial charge on any atom is -0.497 e. The van der Waals surface area contributed by atoms with Crippen LogP contribution in [0.25, 0.3) is 10.9 Å². The number of fused-ring (bicyclic) bond motifs is 1. The number of allylic oxidation sites excluding steroid dienone is 2. The van der Waals surface area contributed by atoms with Gasteiger partial charge in [-0.05, 0) is 38.0 Å². The van der Waals surface area contributed by atoms with Gasteiger partial charge in [-0.25, -0.2) is 0 Å². The standard InChI is InChI=1S/C14H17NO/c1-10(2)4-5-11-9-15-14-8-12(16-3)6-7-13(11)14/h4,6-9,15H,5H2,1-3H3. The number of nitrogens with one attached hydrogen (secondary N) is 1. The molecule has 0 unspecified atom stereocenters. The van der Waals surface area contributed by atoms with Crippen molar-refractivity contribution in [2.75, 3.05) is 7.11 Å². The van der Waals surface area contributed by atoms with Crippen molar-refractivity contribution in [3.63, 3.8) is 0 Å². The van der Waals surface area contributed by atoms with Crippen LogP contribution in [0.1, 0.15) is 19.4 Å². The summed E-state index contributed by atoms with van der Waals surface area (Å²) in [5.74, 6) is 0.892. The molecule has 0 bridgehead atoms. The van der Waals surface area contributed by atoms with E-state index in [1.807, 2.05) is 12.1 Å². The number of methoxy groups -OCH3 is 1. The van der Waals surface area contributed by atoms with Crippen LogP contribution in [-0.4, -0.2) is 12.1 Å². The smallest absolute Gasteiger partial charge is 0.120 e. The molecule has 0 aliphatic rings. The molecule has 1 aromatic carbocycles. The fraction of sp³-hybridized carbons (Fsp3) is 0.286. The maximum Gasteiger partial charge on any atom is 0.120 e. The van der Waals surface area contributed by atoms with Crippen molar-refractivity contribution in [3.05, 3.63) is 41.6 Å². The van der Waals surface area contributed by atoms with E-state index in [2.05, 4.69) is 37.2 Å². The number of ether oxygens (including phenoxy) is 1. The van der Waals surface area contributed by atoms with Crippen LogP contribution in [0.2, 0.25) is 0 Å². The van der Waals surface area contributed by atoms with E-state index in [4.69, 9.17) is 4.74 Å². The summed E-state index contributed by atoms with van der Waals surface area (Å²) in [6.45, 7) is 4.25. The Morgan fingerprint density at radius 3 is 2.88 bits per heavy atom. The first-order valence-electron chi connectivity index (χ1n) is 5.48. The van der Waals surface area contributed by atoms with Gasteiger partial charge in [0.25, 0.3) is 0 Å². The highest BCUT2D eigenvalue weighted by Crippen LogP contribution is 2.23. The fourth-order valence-corrected chi connectivity index (χ4v) is 1.78. The first-order chi connectivity index (χ1) is 7.70. The zero-order valence-corrected chi connectivity index (χ0v) is 10.0. The van der Waals surface area contributed by atoms with E-state index >= 15 is 0 Å². The molecular weight excluding hydrogens is 198 g/mol. The molecule has 0 aliphatic heterocycles. The molecule has 2 nitrogen and oxygen atoms in total. The average Bonchev–Trinajstić information content (AvgIpc) is 2.68. The number of hydrogen-bond acceptors (Lipinski definition) is 1. The van der Waals surface area contributed by atoms with E-state index < -0.39 is 0 Å². The SMILES string of the molecule is COc1ccc2c(CC=C(C)C)c[nH]c2c1. The normalized spacial score (nSPS) is 10.4. The predicted octanol–water partition coefficient (Wildman–Crippen LogP) is 3.69. The third-order valence-electron chi connectivity index (χ3n) is 2.70. The van der Waals surface area contributed by atoms with Gasteiger partial charge in [-0.15, -0.1) is 0 Å². The summed E-state index contributed by atoms with van der Waals surface area (Å²) in [5, 5.41) is 1.28. The molecule has 0 amide bonds. The van der Waals surface area contributed by atoms with Gasteiger partial charge in [0.15, 0.2) is 0 Å². The number of H-pyrrole nitrogens is 1. The lowest BCUT2D eigenvalue weighted by molar-refractivity contribution is 0.415. The van der Waals surface area contributed by atoms with E-state index in [-0.39, 0.29) is 0 Å². The van der Waals surface area contributed by atoms with Crippen molar-refractivity contribution in [2.45, 2.75) is 20.3 Å². The van der Waals surface area contributed by atoms with Crippen LogP contribution in [0.3, 0.4) is 0 Å². The molecule has 0 atom stereocenters. The zero-order chi connectivity index (χ0) is 11.5. The highest BCUT2D eigenvalue weighted by Gasteiger charge is 2.03. The first kappa shape index (κ1) is 10.8. The topological polar surface area (TPSA) is 25.0 Å². The Hall–Kier alpha value is -1.70. The highest BCUT2D eigenvalue weighted by atomic mass is 16.5. The first-order valence-corrected chi connectivity index (χ1v) is 5.48. The second-order valence-corrected chi connectivity index (χ2v) is 4.21. The van der Waals surface area contributed by atoms with Gasteiger partial charge in [-0.1, -0.05) is 11.6 Å². The van der Waals surface area contributed by atoms with E-state index in [9.17, 15) is 0 Å². The van der Waals surface area contributed by atoms with Crippen molar-refractivity contribution >= 4 is 10.9 Å². The van der Waals surface area contributed by atoms with Crippen LogP contribution in [0, 0.1) is 0 Å². The second-order valence-electron chi connectivity index (χ2n) is 4.21. The molecule has 0 saturated heterocycles. The number of benzene rings is 1. The molecule has 2 aromatic rings. The van der Waals surface area contributed by atoms with Gasteiger partial charge in [0.05, 0.1) is 7.11 Å². The molecule has 2 heteroatoms. The summed E-state index contributed by atoms with van der Waals surface area (Å²) in [6, 6.07) is 6.14. The zero-order valence-electron chi connectivity index (χ0n) is 10.0. The van der Waals surface area contributed by atoms with Crippen LogP contribution >= 0.6 is 0 Å². The minimum atomic E-state index is 0.892. The van der Waals surface area contributed by atoms with E-state index in [1.54, 1.807) is 7.11 Å². The van der Waals surface area contributed by atoms with Crippen LogP contribution in [0.5, 0.6) is 5.75 Å². The van der Waals surface area contributed by atoms with Gasteiger partial charge >= 0.3 is 0 Å². The lowest BCUT2D eigenvalue weighted by Crippen LogP contribution is -1.82. The third kappa shape index (κ3) is 2.11. The van der Waals surface area contributed by atoms with Crippen molar-refractivity contribution < 1.29 is 4.74 Å². The second kappa shape index (κ2) is 4.44. The summed E-state index contributed by atoms with van der Waals surface area (Å²) in [7, 11) is 1.69. The Morgan fingerprint density at radius 2 is 2.19 bits per heavy atom. The summed E-state index contributed by atoms with van der Waals surface area (Å²) in [5.41, 5.74) is 3.82. The molecule has 16 heavy (non-hydrogen) atoms. The van der Waals surface area contributed by atoms with Crippen molar-refractivity contribution in [1.82, 2.24) is 4.98 Å². The maximum atomic E-state index is 5.20. The molecule has 0 aliphatic carbocycles. The lowest BCUT2D eigenvalue weighted by Gasteiger charge is -1.99. The van der Waals surface area contributed by atoms with Crippen LogP contribution in [-0.2, 0) is 6.42 Å². The van der Waals surface area contributed by atoms with Crippen molar-refractivity contribution in [1.29, 1.82) is 0 Å². The van der Waals surface area contributed by atoms with Crippen molar-refractivity contribution in [3.8, 4) is 5.75 Å². The molecule has 84 valence electrons. The van der Waals surface area contributed by atoms with Gasteiger partial charge in [-0.2, -0.15) is 0 Å². The summed E-state index contributed by atoms with van der Waals surface area (Å²) in [4.78, 5) is 3.28. The lowest BCUT2D eigenvalue weighted by atomic mass is 10.1. The third-order valence-corrected chi connectivity index (χ3v) is 2.70. The maximum absolute atomic E-state index is 5.20. The number of hydrogen-bond donors (Lipinski definition) is 1. The molecule has 0 saturated carbocycles. The largest absolute Gasteiger partial charge is 0.497 e. The van der Waals surface area contributed by atoms with Crippen molar-refractivity contribution in [2.24, 2.45) is 0 Å². The molecule has 1 heterocycles. The van der Waals surface area contributed by atoms with Crippen LogP contribution < -0.4 is 4.74 Å². The fourth-order valence-electron chi connectivity index (χ4n) is 1.78. The Bertz CT molecular complexity index is 519.